The minimum Gasteiger partial charge on any atom is -0.392 e. The molecule has 5 heteroatoms. The van der Waals surface area contributed by atoms with Crippen LogP contribution >= 0.6 is 27.3 Å². The van der Waals surface area contributed by atoms with Crippen LogP contribution in [0.4, 0.5) is 0 Å². The molecule has 17 heavy (non-hydrogen) atoms. The monoisotopic (exact) mass is 312 g/mol. The van der Waals surface area contributed by atoms with Gasteiger partial charge in [-0.1, -0.05) is 13.3 Å². The van der Waals surface area contributed by atoms with Crippen molar-refractivity contribution in [2.75, 3.05) is 0 Å². The average Bonchev–Trinajstić information content (AvgIpc) is 2.76. The van der Waals surface area contributed by atoms with Gasteiger partial charge in [0.25, 0.3) is 0 Å². The second kappa shape index (κ2) is 5.71. The molecule has 0 saturated carbocycles. The molecule has 0 aliphatic heterocycles. The van der Waals surface area contributed by atoms with Gasteiger partial charge >= 0.3 is 0 Å². The second-order valence-corrected chi connectivity index (χ2v) is 6.14. The fourth-order valence-corrected chi connectivity index (χ4v) is 2.91. The third-order valence-electron chi connectivity index (χ3n) is 2.40. The topological polar surface area (TPSA) is 46.0 Å². The first-order valence-electron chi connectivity index (χ1n) is 5.46. The van der Waals surface area contributed by atoms with Crippen LogP contribution in [0.5, 0.6) is 0 Å². The van der Waals surface area contributed by atoms with E-state index < -0.39 is 0 Å². The fraction of sp³-hybridized carbons (Fsp3) is 0.333. The smallest absolute Gasteiger partial charge is 0.169 e. The predicted molar refractivity (Wildman–Crippen MR) is 73.0 cm³/mol. The number of aromatic nitrogens is 2. The van der Waals surface area contributed by atoms with Gasteiger partial charge < -0.3 is 5.11 Å². The highest BCUT2D eigenvalue weighted by molar-refractivity contribution is 9.11. The molecule has 0 aliphatic carbocycles. The predicted octanol–water partition coefficient (Wildman–Crippen LogP) is 3.41. The third kappa shape index (κ3) is 2.91. The molecular weight excluding hydrogens is 300 g/mol. The lowest BCUT2D eigenvalue weighted by molar-refractivity contribution is 0.279. The third-order valence-corrected chi connectivity index (χ3v) is 4.02. The van der Waals surface area contributed by atoms with E-state index in [9.17, 15) is 5.11 Å². The molecule has 0 radical (unpaired) electrons. The van der Waals surface area contributed by atoms with Crippen molar-refractivity contribution in [2.45, 2.75) is 26.4 Å². The summed E-state index contributed by atoms with van der Waals surface area (Å²) in [5.41, 5.74) is 1.77. The lowest BCUT2D eigenvalue weighted by Crippen LogP contribution is -2.01. The van der Waals surface area contributed by atoms with Crippen LogP contribution in [0.25, 0.3) is 10.7 Å². The molecule has 0 fully saturated rings. The van der Waals surface area contributed by atoms with Gasteiger partial charge in [0.15, 0.2) is 5.82 Å². The maximum absolute atomic E-state index is 9.23. The van der Waals surface area contributed by atoms with Crippen molar-refractivity contribution in [1.82, 2.24) is 9.97 Å². The normalized spacial score (nSPS) is 10.8. The SMILES string of the molecule is CCCc1nc(-c2ccc(Br)s2)ncc1CO. The Labute approximate surface area is 113 Å². The van der Waals surface area contributed by atoms with Crippen LogP contribution in [0, 0.1) is 0 Å². The van der Waals surface area contributed by atoms with Crippen LogP contribution in [0.1, 0.15) is 24.6 Å². The molecule has 2 rings (SSSR count). The summed E-state index contributed by atoms with van der Waals surface area (Å²) in [6, 6.07) is 3.99. The quantitative estimate of drug-likeness (QED) is 0.941. The van der Waals surface area contributed by atoms with Crippen LogP contribution in [-0.4, -0.2) is 15.1 Å². The maximum atomic E-state index is 9.23. The molecule has 0 aromatic carbocycles. The molecular formula is C12H13BrN2OS. The number of aliphatic hydroxyl groups excluding tert-OH is 1. The van der Waals surface area contributed by atoms with E-state index in [1.165, 1.54) is 0 Å². The lowest BCUT2D eigenvalue weighted by atomic mass is 10.1. The summed E-state index contributed by atoms with van der Waals surface area (Å²) in [4.78, 5) is 9.87. The second-order valence-electron chi connectivity index (χ2n) is 3.68. The molecule has 1 N–H and O–H groups in total. The van der Waals surface area contributed by atoms with E-state index in [0.29, 0.717) is 0 Å². The van der Waals surface area contributed by atoms with E-state index in [2.05, 4.69) is 32.8 Å². The van der Waals surface area contributed by atoms with Crippen molar-refractivity contribution in [3.05, 3.63) is 33.4 Å². The zero-order chi connectivity index (χ0) is 12.3. The fourth-order valence-electron chi connectivity index (χ4n) is 1.58. The van der Waals surface area contributed by atoms with Gasteiger partial charge in [-0.3, -0.25) is 0 Å². The van der Waals surface area contributed by atoms with Crippen LogP contribution < -0.4 is 0 Å². The zero-order valence-electron chi connectivity index (χ0n) is 9.48. The number of nitrogens with zero attached hydrogens (tertiary/aromatic N) is 2. The van der Waals surface area contributed by atoms with Crippen molar-refractivity contribution in [3.8, 4) is 10.7 Å². The van der Waals surface area contributed by atoms with Gasteiger partial charge in [0.05, 0.1) is 15.3 Å². The highest BCUT2D eigenvalue weighted by Gasteiger charge is 2.09. The molecule has 2 aromatic rings. The average molecular weight is 313 g/mol. The molecule has 0 saturated heterocycles. The maximum Gasteiger partial charge on any atom is 0.169 e. The zero-order valence-corrected chi connectivity index (χ0v) is 11.9. The van der Waals surface area contributed by atoms with E-state index in [1.54, 1.807) is 17.5 Å². The van der Waals surface area contributed by atoms with Crippen molar-refractivity contribution in [3.63, 3.8) is 0 Å². The molecule has 0 bridgehead atoms. The van der Waals surface area contributed by atoms with Crippen LogP contribution in [0.2, 0.25) is 0 Å². The van der Waals surface area contributed by atoms with Gasteiger partial charge in [0.2, 0.25) is 0 Å². The summed E-state index contributed by atoms with van der Waals surface area (Å²) in [5.74, 6) is 0.737. The van der Waals surface area contributed by atoms with Gasteiger partial charge in [-0.25, -0.2) is 9.97 Å². The number of hydrogen-bond acceptors (Lipinski definition) is 4. The van der Waals surface area contributed by atoms with E-state index in [1.807, 2.05) is 12.1 Å². The molecule has 0 spiro atoms. The van der Waals surface area contributed by atoms with Gasteiger partial charge in [-0.15, -0.1) is 11.3 Å². The largest absolute Gasteiger partial charge is 0.392 e. The van der Waals surface area contributed by atoms with Crippen LogP contribution in [0.15, 0.2) is 22.1 Å². The van der Waals surface area contributed by atoms with Crippen LogP contribution in [-0.2, 0) is 13.0 Å². The van der Waals surface area contributed by atoms with Gasteiger partial charge in [-0.05, 0) is 34.5 Å². The standard InChI is InChI=1S/C12H13BrN2OS/c1-2-3-9-8(7-16)6-14-12(15-9)10-4-5-11(13)17-10/h4-6,16H,2-3,7H2,1H3. The Morgan fingerprint density at radius 3 is 2.82 bits per heavy atom. The van der Waals surface area contributed by atoms with Crippen molar-refractivity contribution >= 4 is 27.3 Å². The van der Waals surface area contributed by atoms with Gasteiger partial charge in [-0.2, -0.15) is 0 Å². The summed E-state index contributed by atoms with van der Waals surface area (Å²) >= 11 is 5.04. The van der Waals surface area contributed by atoms with E-state index in [-0.39, 0.29) is 6.61 Å². The molecule has 0 unspecified atom stereocenters. The first kappa shape index (κ1) is 12.7. The summed E-state index contributed by atoms with van der Waals surface area (Å²) in [5, 5.41) is 9.23. The van der Waals surface area contributed by atoms with Gasteiger partial charge in [0.1, 0.15) is 0 Å². The van der Waals surface area contributed by atoms with Crippen molar-refractivity contribution in [2.24, 2.45) is 0 Å². The summed E-state index contributed by atoms with van der Waals surface area (Å²) < 4.78 is 1.07. The summed E-state index contributed by atoms with van der Waals surface area (Å²) in [6.07, 6.45) is 3.61. The minimum absolute atomic E-state index is 0.00372. The first-order valence-corrected chi connectivity index (χ1v) is 7.07. The lowest BCUT2D eigenvalue weighted by Gasteiger charge is -2.06. The highest BCUT2D eigenvalue weighted by atomic mass is 79.9. The molecule has 0 atom stereocenters. The number of hydrogen-bond donors (Lipinski definition) is 1. The van der Waals surface area contributed by atoms with E-state index in [0.717, 1.165) is 38.6 Å². The molecule has 2 heterocycles. The molecule has 0 aliphatic rings. The molecule has 90 valence electrons. The Balaban J connectivity index is 2.39. The van der Waals surface area contributed by atoms with E-state index in [4.69, 9.17) is 0 Å². The Morgan fingerprint density at radius 2 is 2.24 bits per heavy atom. The molecule has 3 nitrogen and oxygen atoms in total. The number of rotatable bonds is 4. The Bertz CT molecular complexity index is 513. The van der Waals surface area contributed by atoms with Gasteiger partial charge in [0, 0.05) is 17.5 Å². The van der Waals surface area contributed by atoms with Crippen molar-refractivity contribution in [1.29, 1.82) is 0 Å². The highest BCUT2D eigenvalue weighted by Crippen LogP contribution is 2.29. The number of aliphatic hydroxyl groups is 1. The summed E-state index contributed by atoms with van der Waals surface area (Å²) in [6.45, 7) is 2.11. The minimum atomic E-state index is 0.00372. The molecule has 2 aromatic heterocycles. The van der Waals surface area contributed by atoms with Crippen LogP contribution in [0.3, 0.4) is 0 Å². The number of thiophene rings is 1. The number of halogens is 1. The summed E-state index contributed by atoms with van der Waals surface area (Å²) in [7, 11) is 0. The molecule has 0 amide bonds. The Morgan fingerprint density at radius 1 is 1.41 bits per heavy atom. The van der Waals surface area contributed by atoms with Crippen molar-refractivity contribution < 1.29 is 5.11 Å². The Kier molecular flexibility index (Phi) is 4.25. The number of aryl methyl sites for hydroxylation is 1. The first-order chi connectivity index (χ1) is 8.24. The van der Waals surface area contributed by atoms with E-state index >= 15 is 0 Å². The Hall–Kier alpha value is -0.780.